The lowest BCUT2D eigenvalue weighted by atomic mass is 10.3. The summed E-state index contributed by atoms with van der Waals surface area (Å²) in [6, 6.07) is 5.62. The van der Waals surface area contributed by atoms with E-state index in [4.69, 9.17) is 0 Å². The van der Waals surface area contributed by atoms with Crippen molar-refractivity contribution in [3.8, 4) is 0 Å². The average molecular weight is 289 g/mol. The molecule has 0 bridgehead atoms. The molecule has 0 aliphatic heterocycles. The van der Waals surface area contributed by atoms with Gasteiger partial charge >= 0.3 is 0 Å². The second-order valence-corrected chi connectivity index (χ2v) is 4.21. The van der Waals surface area contributed by atoms with Gasteiger partial charge in [0.1, 0.15) is 5.69 Å². The molecule has 0 spiro atoms. The van der Waals surface area contributed by atoms with Gasteiger partial charge in [-0.25, -0.2) is 9.36 Å². The van der Waals surface area contributed by atoms with Crippen molar-refractivity contribution in [1.82, 2.24) is 24.9 Å². The van der Waals surface area contributed by atoms with E-state index in [1.807, 2.05) is 0 Å². The van der Waals surface area contributed by atoms with Crippen LogP contribution < -0.4 is 16.4 Å². The molecule has 0 aromatic carbocycles. The molecule has 0 saturated heterocycles. The lowest BCUT2D eigenvalue weighted by Crippen LogP contribution is -2.33. The molecule has 110 valence electrons. The van der Waals surface area contributed by atoms with E-state index in [0.717, 1.165) is 0 Å². The van der Waals surface area contributed by atoms with Gasteiger partial charge in [0.15, 0.2) is 0 Å². The van der Waals surface area contributed by atoms with Gasteiger partial charge in [0.2, 0.25) is 0 Å². The highest BCUT2D eigenvalue weighted by molar-refractivity contribution is 5.91. The van der Waals surface area contributed by atoms with Gasteiger partial charge in [-0.1, -0.05) is 0 Å². The molecule has 0 atom stereocenters. The number of nitrogens with one attached hydrogen (secondary N) is 1. The minimum absolute atomic E-state index is 0.157. The molecule has 2 rings (SSSR count). The Labute approximate surface area is 120 Å². The molecule has 0 aliphatic carbocycles. The lowest BCUT2D eigenvalue weighted by molar-refractivity contribution is 0.0944. The van der Waals surface area contributed by atoms with Gasteiger partial charge in [0.05, 0.1) is 6.54 Å². The van der Waals surface area contributed by atoms with Crippen LogP contribution in [0.3, 0.4) is 0 Å². The number of aryl methyl sites for hydroxylation is 1. The second-order valence-electron chi connectivity index (χ2n) is 4.21. The number of carbonyl (C=O) groups excluding carboxylic acids is 1. The second kappa shape index (κ2) is 6.60. The third-order valence-electron chi connectivity index (χ3n) is 2.79. The van der Waals surface area contributed by atoms with E-state index < -0.39 is 5.91 Å². The zero-order valence-corrected chi connectivity index (χ0v) is 11.5. The van der Waals surface area contributed by atoms with E-state index in [0.29, 0.717) is 6.54 Å². The van der Waals surface area contributed by atoms with Crippen molar-refractivity contribution in [2.75, 3.05) is 6.54 Å². The minimum Gasteiger partial charge on any atom is -0.349 e. The maximum Gasteiger partial charge on any atom is 0.271 e. The van der Waals surface area contributed by atoms with E-state index in [-0.39, 0.29) is 29.9 Å². The van der Waals surface area contributed by atoms with Gasteiger partial charge in [-0.05, 0) is 19.1 Å². The molecule has 21 heavy (non-hydrogen) atoms. The Balaban J connectivity index is 1.98. The number of aromatic nitrogens is 4. The van der Waals surface area contributed by atoms with Gasteiger partial charge in [-0.15, -0.1) is 0 Å². The number of amides is 1. The van der Waals surface area contributed by atoms with Crippen molar-refractivity contribution in [2.45, 2.75) is 20.0 Å². The highest BCUT2D eigenvalue weighted by Crippen LogP contribution is 1.90. The standard InChI is InChI=1S/C13H15N5O3/c1-2-17-12(20)6-5-10(16-17)13(21)14-8-9-18-11(19)4-3-7-15-18/h3-7H,2,8-9H2,1H3,(H,14,21). The van der Waals surface area contributed by atoms with Crippen LogP contribution in [0.5, 0.6) is 0 Å². The van der Waals surface area contributed by atoms with Crippen molar-refractivity contribution in [2.24, 2.45) is 0 Å². The molecule has 1 N–H and O–H groups in total. The first-order valence-electron chi connectivity index (χ1n) is 6.50. The summed E-state index contributed by atoms with van der Waals surface area (Å²) in [7, 11) is 0. The highest BCUT2D eigenvalue weighted by atomic mass is 16.2. The lowest BCUT2D eigenvalue weighted by Gasteiger charge is -2.07. The first kappa shape index (κ1) is 14.6. The summed E-state index contributed by atoms with van der Waals surface area (Å²) in [5.41, 5.74) is -0.330. The third kappa shape index (κ3) is 3.62. The number of hydrogen-bond acceptors (Lipinski definition) is 5. The molecular weight excluding hydrogens is 274 g/mol. The number of carbonyl (C=O) groups is 1. The Bertz CT molecular complexity index is 750. The first-order chi connectivity index (χ1) is 10.1. The van der Waals surface area contributed by atoms with Gasteiger partial charge in [-0.2, -0.15) is 10.2 Å². The van der Waals surface area contributed by atoms with E-state index in [2.05, 4.69) is 15.5 Å². The fourth-order valence-electron chi connectivity index (χ4n) is 1.72. The van der Waals surface area contributed by atoms with Crippen molar-refractivity contribution in [3.05, 3.63) is 56.9 Å². The summed E-state index contributed by atoms with van der Waals surface area (Å²) in [4.78, 5) is 34.7. The van der Waals surface area contributed by atoms with Crippen molar-refractivity contribution >= 4 is 5.91 Å². The topological polar surface area (TPSA) is 98.9 Å². The van der Waals surface area contributed by atoms with Crippen molar-refractivity contribution < 1.29 is 4.79 Å². The molecule has 2 aromatic heterocycles. The Morgan fingerprint density at radius 2 is 1.95 bits per heavy atom. The van der Waals surface area contributed by atoms with Gasteiger partial charge in [-0.3, -0.25) is 14.4 Å². The van der Waals surface area contributed by atoms with E-state index >= 15 is 0 Å². The molecule has 2 heterocycles. The maximum atomic E-state index is 11.9. The maximum absolute atomic E-state index is 11.9. The third-order valence-corrected chi connectivity index (χ3v) is 2.79. The Hall–Kier alpha value is -2.77. The van der Waals surface area contributed by atoms with Crippen LogP contribution in [0.15, 0.2) is 40.1 Å². The summed E-state index contributed by atoms with van der Waals surface area (Å²) >= 11 is 0. The van der Waals surface area contributed by atoms with E-state index in [1.54, 1.807) is 13.0 Å². The Morgan fingerprint density at radius 3 is 2.67 bits per heavy atom. The zero-order valence-electron chi connectivity index (χ0n) is 11.5. The van der Waals surface area contributed by atoms with Crippen LogP contribution in [0.1, 0.15) is 17.4 Å². The molecule has 8 heteroatoms. The fraction of sp³-hybridized carbons (Fsp3) is 0.308. The number of hydrogen-bond donors (Lipinski definition) is 1. The fourth-order valence-corrected chi connectivity index (χ4v) is 1.72. The van der Waals surface area contributed by atoms with Crippen LogP contribution in [-0.4, -0.2) is 32.0 Å². The van der Waals surface area contributed by atoms with Crippen LogP contribution in [-0.2, 0) is 13.1 Å². The summed E-state index contributed by atoms with van der Waals surface area (Å²) < 4.78 is 2.46. The molecule has 0 radical (unpaired) electrons. The SMILES string of the molecule is CCn1nc(C(=O)NCCn2ncccc2=O)ccc1=O. The monoisotopic (exact) mass is 289 g/mol. The summed E-state index contributed by atoms with van der Waals surface area (Å²) in [6.07, 6.45) is 1.50. The van der Waals surface area contributed by atoms with Gasteiger partial charge in [0, 0.05) is 31.4 Å². The number of rotatable bonds is 5. The molecule has 0 fully saturated rings. The summed E-state index contributed by atoms with van der Waals surface area (Å²) in [6.45, 7) is 2.66. The molecular formula is C13H15N5O3. The highest BCUT2D eigenvalue weighted by Gasteiger charge is 2.08. The summed E-state index contributed by atoms with van der Waals surface area (Å²) in [5, 5.41) is 10.4. The average Bonchev–Trinajstić information content (AvgIpc) is 2.49. The smallest absolute Gasteiger partial charge is 0.271 e. The molecule has 0 aliphatic rings. The molecule has 8 nitrogen and oxygen atoms in total. The van der Waals surface area contributed by atoms with Crippen LogP contribution in [0.25, 0.3) is 0 Å². The van der Waals surface area contributed by atoms with E-state index in [1.165, 1.54) is 33.8 Å². The van der Waals surface area contributed by atoms with Crippen LogP contribution in [0.4, 0.5) is 0 Å². The minimum atomic E-state index is -0.402. The van der Waals surface area contributed by atoms with Crippen molar-refractivity contribution in [1.29, 1.82) is 0 Å². The Morgan fingerprint density at radius 1 is 1.19 bits per heavy atom. The largest absolute Gasteiger partial charge is 0.349 e. The van der Waals surface area contributed by atoms with Crippen LogP contribution in [0.2, 0.25) is 0 Å². The van der Waals surface area contributed by atoms with Crippen molar-refractivity contribution in [3.63, 3.8) is 0 Å². The predicted molar refractivity (Wildman–Crippen MR) is 75.0 cm³/mol. The number of nitrogens with zero attached hydrogens (tertiary/aromatic N) is 4. The predicted octanol–water partition coefficient (Wildman–Crippen LogP) is -0.750. The summed E-state index contributed by atoms with van der Waals surface area (Å²) in [5.74, 6) is -0.402. The van der Waals surface area contributed by atoms with E-state index in [9.17, 15) is 14.4 Å². The zero-order chi connectivity index (χ0) is 15.2. The molecule has 0 saturated carbocycles. The van der Waals surface area contributed by atoms with Crippen LogP contribution in [0, 0.1) is 0 Å². The van der Waals surface area contributed by atoms with Gasteiger partial charge in [0.25, 0.3) is 17.0 Å². The van der Waals surface area contributed by atoms with Crippen LogP contribution >= 0.6 is 0 Å². The molecule has 0 unspecified atom stereocenters. The molecule has 2 aromatic rings. The first-order valence-corrected chi connectivity index (χ1v) is 6.50. The molecule has 1 amide bonds. The normalized spacial score (nSPS) is 10.3. The quantitative estimate of drug-likeness (QED) is 0.781. The van der Waals surface area contributed by atoms with Gasteiger partial charge < -0.3 is 5.32 Å². The Kier molecular flexibility index (Phi) is 4.60.